The van der Waals surface area contributed by atoms with E-state index < -0.39 is 65.8 Å². The van der Waals surface area contributed by atoms with Crippen LogP contribution < -0.4 is 35.5 Å². The Balaban J connectivity index is 1.35. The van der Waals surface area contributed by atoms with Crippen LogP contribution >= 0.6 is 0 Å². The van der Waals surface area contributed by atoms with E-state index >= 15 is 0 Å². The summed E-state index contributed by atoms with van der Waals surface area (Å²) in [4.78, 5) is 61.2. The van der Waals surface area contributed by atoms with E-state index in [2.05, 4.69) is 21.3 Å². The van der Waals surface area contributed by atoms with E-state index in [1.807, 2.05) is 6.07 Å². The first-order valence-electron chi connectivity index (χ1n) is 10.2. The smallest absolute Gasteiger partial charge is 0.321 e. The summed E-state index contributed by atoms with van der Waals surface area (Å²) in [5.74, 6) is -3.29. The fraction of sp³-hybridized carbons (Fsp3) is 0.450. The minimum absolute atomic E-state index is 0.179. The Morgan fingerprint density at radius 2 is 1.41 bits per heavy atom. The second-order valence-electron chi connectivity index (χ2n) is 8.86. The third-order valence-corrected chi connectivity index (χ3v) is 7.60. The summed E-state index contributed by atoms with van der Waals surface area (Å²) in [7, 11) is 1.41. The first-order valence-corrected chi connectivity index (χ1v) is 10.2. The Bertz CT molecular complexity index is 1200. The van der Waals surface area contributed by atoms with Crippen molar-refractivity contribution in [2.75, 3.05) is 7.11 Å². The van der Waals surface area contributed by atoms with Crippen molar-refractivity contribution in [2.24, 2.45) is 17.8 Å². The van der Waals surface area contributed by atoms with Gasteiger partial charge in [0.05, 0.1) is 36.9 Å². The van der Waals surface area contributed by atoms with Gasteiger partial charge in [-0.2, -0.15) is 0 Å². The van der Waals surface area contributed by atoms with E-state index in [1.165, 1.54) is 7.11 Å². The van der Waals surface area contributed by atoms with Crippen LogP contribution in [0, 0.1) is 17.8 Å². The van der Waals surface area contributed by atoms with Crippen LogP contribution in [0.2, 0.25) is 0 Å². The predicted molar refractivity (Wildman–Crippen MR) is 99.9 cm³/mol. The number of benzene rings is 1. The quantitative estimate of drug-likeness (QED) is 0.314. The van der Waals surface area contributed by atoms with E-state index in [0.717, 1.165) is 0 Å². The molecule has 12 heteroatoms. The molecule has 4 N–H and O–H groups in total. The summed E-state index contributed by atoms with van der Waals surface area (Å²) in [6.07, 6.45) is -0.458. The molecule has 6 aliphatic rings. The van der Waals surface area contributed by atoms with Crippen molar-refractivity contribution in [3.8, 4) is 17.2 Å². The van der Waals surface area contributed by atoms with Gasteiger partial charge in [-0.3, -0.25) is 25.0 Å². The van der Waals surface area contributed by atoms with Crippen LogP contribution in [-0.4, -0.2) is 55.1 Å². The highest BCUT2D eigenvalue weighted by atomic mass is 16.6. The van der Waals surface area contributed by atoms with Crippen molar-refractivity contribution >= 4 is 29.8 Å². The third-order valence-electron chi connectivity index (χ3n) is 7.60. The summed E-state index contributed by atoms with van der Waals surface area (Å²) in [6, 6.07) is -0.511. The highest BCUT2D eigenvalue weighted by Crippen LogP contribution is 2.63. The molecule has 8 atom stereocenters. The lowest BCUT2D eigenvalue weighted by Gasteiger charge is -2.53. The van der Waals surface area contributed by atoms with Gasteiger partial charge in [-0.1, -0.05) is 0 Å². The number of fused-ring (bicyclic) bond motifs is 12. The molecular formula is C20H16N4O8. The highest BCUT2D eigenvalue weighted by Gasteiger charge is 2.66. The van der Waals surface area contributed by atoms with Crippen LogP contribution in [0.15, 0.2) is 6.07 Å². The van der Waals surface area contributed by atoms with Crippen molar-refractivity contribution in [3.63, 3.8) is 0 Å². The molecule has 7 rings (SSSR count). The summed E-state index contributed by atoms with van der Waals surface area (Å²) in [5.41, 5.74) is 1.31. The number of rotatable bonds is 1. The number of carbonyl (C=O) groups excluding carboxylic acids is 5. The summed E-state index contributed by atoms with van der Waals surface area (Å²) in [5, 5.41) is 9.91. The maximum Gasteiger partial charge on any atom is 0.321 e. The number of urea groups is 2. The molecule has 12 nitrogen and oxygen atoms in total. The van der Waals surface area contributed by atoms with E-state index in [0.29, 0.717) is 16.9 Å². The number of nitrogens with one attached hydrogen (secondary N) is 4. The molecule has 4 heterocycles. The van der Waals surface area contributed by atoms with Crippen molar-refractivity contribution in [3.05, 3.63) is 17.2 Å². The SMILES string of the molecule is COc1c2c(cc3c1OC(=O)C1C4NC(=O)NC(=O)C4C31)C1C(O2)C2NC(=O)NC(=O)C21. The second-order valence-corrected chi connectivity index (χ2v) is 8.86. The Labute approximate surface area is 179 Å². The zero-order chi connectivity index (χ0) is 22.0. The van der Waals surface area contributed by atoms with E-state index in [4.69, 9.17) is 14.2 Å². The molecule has 4 aliphatic heterocycles. The number of hydrogen-bond acceptors (Lipinski definition) is 8. The van der Waals surface area contributed by atoms with Crippen molar-refractivity contribution in [1.29, 1.82) is 0 Å². The number of hydrogen-bond donors (Lipinski definition) is 4. The summed E-state index contributed by atoms with van der Waals surface area (Å²) < 4.78 is 17.2. The molecule has 0 aromatic heterocycles. The number of imide groups is 2. The molecule has 0 bridgehead atoms. The first kappa shape index (κ1) is 17.8. The van der Waals surface area contributed by atoms with Gasteiger partial charge in [-0.05, 0) is 6.07 Å². The van der Waals surface area contributed by atoms with Gasteiger partial charge < -0.3 is 24.8 Å². The lowest BCUT2D eigenvalue weighted by Crippen LogP contribution is -2.72. The Hall–Kier alpha value is -3.83. The molecule has 164 valence electrons. The molecule has 8 unspecified atom stereocenters. The second kappa shape index (κ2) is 5.50. The van der Waals surface area contributed by atoms with Gasteiger partial charge in [0, 0.05) is 23.0 Å². The minimum Gasteiger partial charge on any atom is -0.490 e. The van der Waals surface area contributed by atoms with Crippen LogP contribution in [0.4, 0.5) is 9.59 Å². The van der Waals surface area contributed by atoms with E-state index in [1.54, 1.807) is 0 Å². The van der Waals surface area contributed by atoms with Gasteiger partial charge in [-0.15, -0.1) is 0 Å². The van der Waals surface area contributed by atoms with Gasteiger partial charge in [0.1, 0.15) is 6.10 Å². The van der Waals surface area contributed by atoms with Crippen LogP contribution in [0.3, 0.4) is 0 Å². The van der Waals surface area contributed by atoms with Crippen LogP contribution in [0.5, 0.6) is 17.2 Å². The fourth-order valence-electron chi connectivity index (χ4n) is 6.30. The Morgan fingerprint density at radius 1 is 0.781 bits per heavy atom. The highest BCUT2D eigenvalue weighted by molar-refractivity contribution is 6.03. The molecule has 1 aromatic rings. The maximum atomic E-state index is 12.8. The molecule has 2 aliphatic carbocycles. The molecular weight excluding hydrogens is 424 g/mol. The fourth-order valence-corrected chi connectivity index (χ4v) is 6.30. The third kappa shape index (κ3) is 1.87. The van der Waals surface area contributed by atoms with Gasteiger partial charge >= 0.3 is 18.0 Å². The van der Waals surface area contributed by atoms with Crippen LogP contribution in [0.25, 0.3) is 0 Å². The van der Waals surface area contributed by atoms with E-state index in [-0.39, 0.29) is 23.3 Å². The van der Waals surface area contributed by atoms with Crippen molar-refractivity contribution in [2.45, 2.75) is 30.0 Å². The average molecular weight is 440 g/mol. The number of amides is 6. The van der Waals surface area contributed by atoms with Crippen molar-refractivity contribution in [1.82, 2.24) is 21.3 Å². The number of methoxy groups -OCH3 is 1. The standard InChI is InChI=1S/C20H16N4O8/c1-30-15-12-4(6-8-11(14(6)31-12)22-20(29)24-17(8)26)2-3-5-7-10(21-19(28)23-16(7)25)9(5)18(27)32-13(3)15/h2,5-11,14H,1H3,(H2,21,23,25,28)(H2,22,24,26,29). The van der Waals surface area contributed by atoms with Crippen molar-refractivity contribution < 1.29 is 38.2 Å². The Kier molecular flexibility index (Phi) is 3.06. The lowest BCUT2D eigenvalue weighted by molar-refractivity contribution is -0.155. The lowest BCUT2D eigenvalue weighted by atomic mass is 9.55. The minimum atomic E-state index is -0.699. The summed E-state index contributed by atoms with van der Waals surface area (Å²) in [6.45, 7) is 0. The number of carbonyl (C=O) groups is 5. The number of ether oxygens (including phenoxy) is 3. The predicted octanol–water partition coefficient (Wildman–Crippen LogP) is -1.17. The number of esters is 1. The van der Waals surface area contributed by atoms with Crippen LogP contribution in [-0.2, 0) is 14.4 Å². The molecule has 0 radical (unpaired) electrons. The zero-order valence-corrected chi connectivity index (χ0v) is 16.5. The summed E-state index contributed by atoms with van der Waals surface area (Å²) >= 11 is 0. The molecule has 2 saturated heterocycles. The molecule has 32 heavy (non-hydrogen) atoms. The van der Waals surface area contributed by atoms with Crippen LogP contribution in [0.1, 0.15) is 23.0 Å². The Morgan fingerprint density at radius 3 is 2.09 bits per heavy atom. The van der Waals surface area contributed by atoms with Gasteiger partial charge in [0.25, 0.3) is 0 Å². The molecule has 2 saturated carbocycles. The normalized spacial score (nSPS) is 39.3. The van der Waals surface area contributed by atoms with Gasteiger partial charge in [0.2, 0.25) is 17.6 Å². The monoisotopic (exact) mass is 440 g/mol. The molecule has 1 aromatic carbocycles. The van der Waals surface area contributed by atoms with Gasteiger partial charge in [-0.25, -0.2) is 9.59 Å². The largest absolute Gasteiger partial charge is 0.490 e. The molecule has 4 fully saturated rings. The molecule has 6 amide bonds. The molecule has 0 spiro atoms. The average Bonchev–Trinajstić information content (AvgIpc) is 3.01. The topological polar surface area (TPSA) is 161 Å². The maximum absolute atomic E-state index is 12.8. The van der Waals surface area contributed by atoms with E-state index in [9.17, 15) is 24.0 Å². The van der Waals surface area contributed by atoms with Gasteiger partial charge in [0.15, 0.2) is 11.5 Å². The first-order chi connectivity index (χ1) is 15.4. The zero-order valence-electron chi connectivity index (χ0n) is 16.5.